The molecule has 11 rings (SSSR count). The topological polar surface area (TPSA) is 263 Å². The van der Waals surface area contributed by atoms with E-state index >= 15 is 0 Å². The molecule has 3 heterocycles. The second kappa shape index (κ2) is 30.5. The minimum absolute atomic E-state index is 0.00319. The molecule has 1 spiro atoms. The van der Waals surface area contributed by atoms with E-state index in [1.807, 2.05) is 25.3 Å². The molecule has 14 atom stereocenters. The van der Waals surface area contributed by atoms with Crippen LogP contribution in [0.2, 0.25) is 0 Å². The van der Waals surface area contributed by atoms with E-state index < -0.39 is 31.5 Å². The zero-order chi connectivity index (χ0) is 63.5. The number of hydrogen-bond donors (Lipinski definition) is 11. The number of aliphatic hydroxyl groups excluding tert-OH is 3. The summed E-state index contributed by atoms with van der Waals surface area (Å²) in [6, 6.07) is 33.7. The van der Waals surface area contributed by atoms with Gasteiger partial charge in [0.05, 0.1) is 25.3 Å². The molecule has 0 aromatic heterocycles. The Labute approximate surface area is 540 Å². The zero-order valence-corrected chi connectivity index (χ0v) is 53.6. The Morgan fingerprint density at radius 3 is 2.36 bits per heavy atom. The van der Waals surface area contributed by atoms with Crippen molar-refractivity contribution in [2.24, 2.45) is 80.4 Å². The van der Waals surface area contributed by atoms with Gasteiger partial charge in [-0.1, -0.05) is 97.1 Å². The Morgan fingerprint density at radius 2 is 1.62 bits per heavy atom. The number of piperidine rings is 1. The van der Waals surface area contributed by atoms with Gasteiger partial charge >= 0.3 is 0 Å². The molecule has 0 amide bonds. The smallest absolute Gasteiger partial charge is 0.186 e. The fourth-order valence-corrected chi connectivity index (χ4v) is 18.7. The highest BCUT2D eigenvalue weighted by Crippen LogP contribution is 2.71. The van der Waals surface area contributed by atoms with Gasteiger partial charge in [-0.25, -0.2) is 0 Å². The monoisotopic (exact) mass is 1240 g/mol. The molecule has 0 bridgehead atoms. The number of phenols is 1. The molecular formula is C76H102N8O7. The summed E-state index contributed by atoms with van der Waals surface area (Å²) < 4.78 is 5.47. The molecule has 4 saturated carbocycles. The number of allylic oxidation sites excluding steroid dienone is 3. The molecule has 4 aromatic carbocycles. The lowest BCUT2D eigenvalue weighted by atomic mass is 9.52. The van der Waals surface area contributed by atoms with Crippen LogP contribution in [-0.4, -0.2) is 108 Å². The summed E-state index contributed by atoms with van der Waals surface area (Å²) in [4.78, 5) is 33.8. The first-order chi connectivity index (χ1) is 44.2. The molecule has 7 aliphatic rings. The van der Waals surface area contributed by atoms with Gasteiger partial charge in [0.25, 0.3) is 0 Å². The van der Waals surface area contributed by atoms with Crippen molar-refractivity contribution in [2.75, 3.05) is 46.1 Å². The molecule has 488 valence electrons. The standard InChI is InChI=1S/C76H102N8O7/c1-49(87)43-82-71-42-75(41-67-65-26-29-80-44-61(65)32-56-16-9-28-81-73(56)67)39-54(21-24-70(75)76(71)27-25-57(40-76)58(45-84-74(78)79)23-19-51-12-6-3-7-13-51)31-63(88)37-64(89)34-62(47-85)66-38-69(91-48-86)68(90)35-59(66)33-60-46-83-72(77)36-55(60)22-20-53-15-8-14-52(30-53)18-17-50-10-4-2-5-11-50/h2-16,30,34-36,38,46,49,54,56-58,61,65,67,70-73,80-83,85-87,90H,17-29,31-33,37,39-45,47-48,77H2,1H3,(H4,78,79,84). The molecule has 0 radical (unpaired) electrons. The van der Waals surface area contributed by atoms with Crippen LogP contribution in [0.3, 0.4) is 0 Å². The zero-order valence-electron chi connectivity index (χ0n) is 53.6. The fourth-order valence-electron chi connectivity index (χ4n) is 18.7. The Morgan fingerprint density at radius 1 is 0.868 bits per heavy atom. The van der Waals surface area contributed by atoms with Crippen LogP contribution in [0.4, 0.5) is 0 Å². The molecule has 15 nitrogen and oxygen atoms in total. The van der Waals surface area contributed by atoms with Crippen molar-refractivity contribution in [1.82, 2.24) is 21.3 Å². The molecule has 4 aliphatic carbocycles. The predicted octanol–water partition coefficient (Wildman–Crippen LogP) is 8.91. The minimum atomic E-state index is -0.695. The third-order valence-corrected chi connectivity index (χ3v) is 22.6. The Kier molecular flexibility index (Phi) is 22.2. The van der Waals surface area contributed by atoms with Crippen molar-refractivity contribution in [3.05, 3.63) is 172 Å². The van der Waals surface area contributed by atoms with E-state index in [0.717, 1.165) is 121 Å². The number of carbonyl (C=O) groups excluding carboxylic acids is 2. The SMILES string of the molecule is CC(O)CNC1CC2(CC3C4CCNCC4CC4C=CCNC43)CC(CC(=O)CC(=O)C=C(CO)c3cc(OCO)c(O)cc3CC3=CNC(N)C=C3CCc3cccc(CCc4ccccc4)c3)CCC2C12CCC(C(CCc1ccccc1)CN=C(N)N)C2. The molecule has 1 saturated heterocycles. The van der Waals surface area contributed by atoms with Gasteiger partial charge in [-0.3, -0.25) is 14.6 Å². The summed E-state index contributed by atoms with van der Waals surface area (Å²) >= 11 is 0. The predicted molar refractivity (Wildman–Crippen MR) is 361 cm³/mol. The summed E-state index contributed by atoms with van der Waals surface area (Å²) in [5.41, 5.74) is 27.0. The van der Waals surface area contributed by atoms with Gasteiger partial charge in [0, 0.05) is 44.3 Å². The van der Waals surface area contributed by atoms with E-state index in [1.54, 1.807) is 12.1 Å². The molecule has 4 aromatic rings. The lowest BCUT2D eigenvalue weighted by molar-refractivity contribution is -0.126. The van der Waals surface area contributed by atoms with Crippen molar-refractivity contribution in [2.45, 2.75) is 153 Å². The first-order valence-electron chi connectivity index (χ1n) is 34.3. The summed E-state index contributed by atoms with van der Waals surface area (Å²) in [6.07, 6.45) is 25.4. The van der Waals surface area contributed by atoms with Crippen LogP contribution in [0.25, 0.3) is 5.57 Å². The maximum Gasteiger partial charge on any atom is 0.186 e. The van der Waals surface area contributed by atoms with Crippen LogP contribution in [-0.2, 0) is 41.7 Å². The summed E-state index contributed by atoms with van der Waals surface area (Å²) in [6.45, 7) is 4.75. The third-order valence-electron chi connectivity index (χ3n) is 22.6. The number of guanidine groups is 1. The van der Waals surface area contributed by atoms with Crippen LogP contribution >= 0.6 is 0 Å². The third kappa shape index (κ3) is 16.1. The first-order valence-corrected chi connectivity index (χ1v) is 34.3. The maximum atomic E-state index is 14.7. The van der Waals surface area contributed by atoms with Crippen molar-refractivity contribution >= 4 is 23.1 Å². The van der Waals surface area contributed by atoms with Crippen molar-refractivity contribution < 1.29 is 34.8 Å². The Hall–Kier alpha value is -6.43. The number of benzene rings is 4. The fraction of sp³-hybridized carbons (Fsp3) is 0.539. The van der Waals surface area contributed by atoms with E-state index in [-0.39, 0.29) is 58.0 Å². The number of nitrogens with zero attached hydrogens (tertiary/aromatic N) is 1. The normalized spacial score (nSPS) is 29.2. The van der Waals surface area contributed by atoms with Gasteiger partial charge in [-0.2, -0.15) is 0 Å². The summed E-state index contributed by atoms with van der Waals surface area (Å²) in [5.74, 6) is 2.82. The first kappa shape index (κ1) is 66.0. The Balaban J connectivity index is 0.831. The van der Waals surface area contributed by atoms with Crippen LogP contribution in [0, 0.1) is 58.2 Å². The van der Waals surface area contributed by atoms with Gasteiger partial charge in [-0.05, 0) is 262 Å². The lowest BCUT2D eigenvalue weighted by Gasteiger charge is -2.55. The number of hydrogen-bond acceptors (Lipinski definition) is 13. The number of aliphatic hydroxyl groups is 3. The number of fused-ring (bicyclic) bond motifs is 4. The second-order valence-corrected chi connectivity index (χ2v) is 28.4. The largest absolute Gasteiger partial charge is 0.504 e. The van der Waals surface area contributed by atoms with E-state index in [2.05, 4.69) is 117 Å². The molecule has 91 heavy (non-hydrogen) atoms. The highest BCUT2D eigenvalue weighted by Gasteiger charge is 2.66. The average Bonchev–Trinajstić information content (AvgIpc) is 1.56. The number of carbonyl (C=O) groups is 2. The molecule has 14 unspecified atom stereocenters. The number of dihydropyridines is 1. The second-order valence-electron chi connectivity index (χ2n) is 28.4. The number of rotatable bonds is 28. The number of aromatic hydroxyl groups is 1. The van der Waals surface area contributed by atoms with Crippen LogP contribution < -0.4 is 43.2 Å². The van der Waals surface area contributed by atoms with Crippen molar-refractivity contribution in [3.8, 4) is 11.5 Å². The quantitative estimate of drug-likeness (QED) is 0.00634. The highest BCUT2D eigenvalue weighted by atomic mass is 16.6. The number of ketones is 2. The average molecular weight is 1240 g/mol. The van der Waals surface area contributed by atoms with E-state index in [9.17, 15) is 30.0 Å². The van der Waals surface area contributed by atoms with E-state index in [1.165, 1.54) is 34.8 Å². The van der Waals surface area contributed by atoms with Gasteiger partial charge in [-0.15, -0.1) is 0 Å². The number of aryl methyl sites for hydroxylation is 4. The van der Waals surface area contributed by atoms with E-state index in [4.69, 9.17) is 21.9 Å². The minimum Gasteiger partial charge on any atom is -0.504 e. The molecule has 15 heteroatoms. The maximum absolute atomic E-state index is 14.7. The van der Waals surface area contributed by atoms with Crippen molar-refractivity contribution in [1.29, 1.82) is 0 Å². The summed E-state index contributed by atoms with van der Waals surface area (Å²) in [5, 5.41) is 58.4. The lowest BCUT2D eigenvalue weighted by Crippen LogP contribution is -2.57. The highest BCUT2D eigenvalue weighted by molar-refractivity contribution is 6.08. The summed E-state index contributed by atoms with van der Waals surface area (Å²) in [7, 11) is 0. The van der Waals surface area contributed by atoms with Crippen LogP contribution in [0.15, 0.2) is 144 Å². The number of aliphatic imine (C=N–C) groups is 1. The van der Waals surface area contributed by atoms with Gasteiger partial charge in [0.15, 0.2) is 30.0 Å². The van der Waals surface area contributed by atoms with Crippen LogP contribution in [0.1, 0.15) is 130 Å². The van der Waals surface area contributed by atoms with Crippen molar-refractivity contribution in [3.63, 3.8) is 0 Å². The number of Topliss-reactive ketones (excluding diaryl/α,β-unsaturated/α-hetero) is 1. The van der Waals surface area contributed by atoms with Crippen LogP contribution in [0.5, 0.6) is 11.5 Å². The number of ether oxygens (including phenoxy) is 1. The molecule has 3 aliphatic heterocycles. The van der Waals surface area contributed by atoms with Gasteiger partial charge in [0.2, 0.25) is 0 Å². The van der Waals surface area contributed by atoms with Gasteiger partial charge in [0.1, 0.15) is 5.78 Å². The molecule has 14 N–H and O–H groups in total. The van der Waals surface area contributed by atoms with Gasteiger partial charge < -0.3 is 63.6 Å². The number of nitrogens with two attached hydrogens (primary N) is 3. The number of nitrogens with one attached hydrogen (secondary N) is 4. The molecular weight excluding hydrogens is 1140 g/mol. The molecule has 5 fully saturated rings. The Bertz CT molecular complexity index is 3270. The van der Waals surface area contributed by atoms with E-state index in [0.29, 0.717) is 90.9 Å². The number of phenolic OH excluding ortho intramolecular Hbond substituents is 1.